The number of rotatable bonds is 15. The standard InChI is InChI=1S/C24H34O4/c25-17-5-7-21-9-13-23(14-10-21)27-19-3-1-2-4-20-28-24-15-11-22(12-16-24)8-6-18-26/h9-16,25-26H,1-8,17-20H2. The molecule has 0 radical (unpaired) electrons. The van der Waals surface area contributed by atoms with Crippen molar-refractivity contribution in [3.8, 4) is 11.5 Å². The van der Waals surface area contributed by atoms with Crippen LogP contribution < -0.4 is 9.47 Å². The predicted octanol–water partition coefficient (Wildman–Crippen LogP) is 4.55. The van der Waals surface area contributed by atoms with E-state index in [9.17, 15) is 0 Å². The van der Waals surface area contributed by atoms with E-state index in [1.807, 2.05) is 24.3 Å². The van der Waals surface area contributed by atoms with E-state index in [2.05, 4.69) is 24.3 Å². The molecule has 0 amide bonds. The van der Waals surface area contributed by atoms with E-state index in [4.69, 9.17) is 19.7 Å². The van der Waals surface area contributed by atoms with Gasteiger partial charge < -0.3 is 19.7 Å². The lowest BCUT2D eigenvalue weighted by atomic mass is 10.1. The molecule has 0 aliphatic rings. The Labute approximate surface area is 169 Å². The highest BCUT2D eigenvalue weighted by Crippen LogP contribution is 2.15. The van der Waals surface area contributed by atoms with E-state index in [-0.39, 0.29) is 13.2 Å². The zero-order valence-electron chi connectivity index (χ0n) is 16.8. The van der Waals surface area contributed by atoms with Crippen LogP contribution >= 0.6 is 0 Å². The van der Waals surface area contributed by atoms with Gasteiger partial charge in [0, 0.05) is 13.2 Å². The van der Waals surface area contributed by atoms with Crippen molar-refractivity contribution in [2.75, 3.05) is 26.4 Å². The molecule has 0 unspecified atom stereocenters. The molecule has 0 spiro atoms. The summed E-state index contributed by atoms with van der Waals surface area (Å²) >= 11 is 0. The lowest BCUT2D eigenvalue weighted by Crippen LogP contribution is -2.00. The molecule has 2 N–H and O–H groups in total. The second-order valence-electron chi connectivity index (χ2n) is 7.05. The van der Waals surface area contributed by atoms with Gasteiger partial charge >= 0.3 is 0 Å². The molecule has 0 saturated heterocycles. The SMILES string of the molecule is OCCCc1ccc(OCCCCCCOc2ccc(CCCO)cc2)cc1. The van der Waals surface area contributed by atoms with Crippen molar-refractivity contribution in [1.82, 2.24) is 0 Å². The monoisotopic (exact) mass is 386 g/mol. The van der Waals surface area contributed by atoms with Gasteiger partial charge in [0.2, 0.25) is 0 Å². The van der Waals surface area contributed by atoms with E-state index in [0.717, 1.165) is 76.1 Å². The maximum atomic E-state index is 8.86. The van der Waals surface area contributed by atoms with E-state index < -0.39 is 0 Å². The molecule has 0 heterocycles. The summed E-state index contributed by atoms with van der Waals surface area (Å²) < 4.78 is 11.6. The number of benzene rings is 2. The third kappa shape index (κ3) is 9.25. The molecular formula is C24H34O4. The van der Waals surface area contributed by atoms with Crippen LogP contribution in [0.4, 0.5) is 0 Å². The van der Waals surface area contributed by atoms with E-state index >= 15 is 0 Å². The van der Waals surface area contributed by atoms with E-state index in [1.165, 1.54) is 11.1 Å². The quantitative estimate of drug-likeness (QED) is 0.441. The van der Waals surface area contributed by atoms with Gasteiger partial charge in [0.25, 0.3) is 0 Å². The van der Waals surface area contributed by atoms with Crippen LogP contribution in [0.5, 0.6) is 11.5 Å². The first-order chi connectivity index (χ1) is 13.8. The van der Waals surface area contributed by atoms with Crippen LogP contribution in [0.25, 0.3) is 0 Å². The molecule has 2 aromatic carbocycles. The van der Waals surface area contributed by atoms with Gasteiger partial charge in [0.05, 0.1) is 13.2 Å². The first kappa shape index (κ1) is 22.3. The predicted molar refractivity (Wildman–Crippen MR) is 113 cm³/mol. The fourth-order valence-corrected chi connectivity index (χ4v) is 3.01. The summed E-state index contributed by atoms with van der Waals surface area (Å²) in [4.78, 5) is 0. The van der Waals surface area contributed by atoms with Crippen LogP contribution in [-0.2, 0) is 12.8 Å². The molecule has 0 saturated carbocycles. The van der Waals surface area contributed by atoms with Gasteiger partial charge in [-0.25, -0.2) is 0 Å². The van der Waals surface area contributed by atoms with Crippen LogP contribution in [-0.4, -0.2) is 36.6 Å². The second-order valence-corrected chi connectivity index (χ2v) is 7.05. The minimum absolute atomic E-state index is 0.237. The minimum atomic E-state index is 0.237. The summed E-state index contributed by atoms with van der Waals surface area (Å²) in [7, 11) is 0. The van der Waals surface area contributed by atoms with Gasteiger partial charge in [0.15, 0.2) is 0 Å². The van der Waals surface area contributed by atoms with E-state index in [1.54, 1.807) is 0 Å². The van der Waals surface area contributed by atoms with E-state index in [0.29, 0.717) is 0 Å². The van der Waals surface area contributed by atoms with Crippen molar-refractivity contribution >= 4 is 0 Å². The van der Waals surface area contributed by atoms with Gasteiger partial charge in [-0.1, -0.05) is 24.3 Å². The third-order valence-corrected chi connectivity index (χ3v) is 4.67. The third-order valence-electron chi connectivity index (χ3n) is 4.67. The average molecular weight is 387 g/mol. The topological polar surface area (TPSA) is 58.9 Å². The zero-order valence-corrected chi connectivity index (χ0v) is 16.8. The molecule has 154 valence electrons. The minimum Gasteiger partial charge on any atom is -0.494 e. The highest BCUT2D eigenvalue weighted by atomic mass is 16.5. The normalized spacial score (nSPS) is 10.8. The van der Waals surface area contributed by atoms with Crippen LogP contribution in [0.1, 0.15) is 49.7 Å². The highest BCUT2D eigenvalue weighted by molar-refractivity contribution is 5.28. The van der Waals surface area contributed by atoms with Crippen LogP contribution in [0, 0.1) is 0 Å². The maximum Gasteiger partial charge on any atom is 0.119 e. The zero-order chi connectivity index (χ0) is 19.9. The Morgan fingerprint density at radius 3 is 1.25 bits per heavy atom. The first-order valence-electron chi connectivity index (χ1n) is 10.5. The summed E-state index contributed by atoms with van der Waals surface area (Å²) in [6, 6.07) is 16.3. The Kier molecular flexibility index (Phi) is 11.1. The van der Waals surface area contributed by atoms with Crippen LogP contribution in [0.3, 0.4) is 0 Å². The smallest absolute Gasteiger partial charge is 0.119 e. The largest absolute Gasteiger partial charge is 0.494 e. The van der Waals surface area contributed by atoms with Gasteiger partial charge in [0.1, 0.15) is 11.5 Å². The molecule has 0 aromatic heterocycles. The van der Waals surface area contributed by atoms with Crippen molar-refractivity contribution in [3.05, 3.63) is 59.7 Å². The Hall–Kier alpha value is -2.04. The Balaban J connectivity index is 1.48. The number of aryl methyl sites for hydroxylation is 2. The van der Waals surface area contributed by atoms with Crippen molar-refractivity contribution < 1.29 is 19.7 Å². The summed E-state index contributed by atoms with van der Waals surface area (Å²) in [6.07, 6.45) is 7.80. The summed E-state index contributed by atoms with van der Waals surface area (Å²) in [6.45, 7) is 1.96. The Morgan fingerprint density at radius 2 is 0.893 bits per heavy atom. The molecule has 0 bridgehead atoms. The van der Waals surface area contributed by atoms with Crippen molar-refractivity contribution in [3.63, 3.8) is 0 Å². The summed E-state index contributed by atoms with van der Waals surface area (Å²) in [5.74, 6) is 1.83. The van der Waals surface area contributed by atoms with Crippen molar-refractivity contribution in [2.45, 2.75) is 51.4 Å². The fourth-order valence-electron chi connectivity index (χ4n) is 3.01. The molecule has 0 fully saturated rings. The van der Waals surface area contributed by atoms with Crippen LogP contribution in [0.2, 0.25) is 0 Å². The molecule has 0 aliphatic carbocycles. The summed E-state index contributed by atoms with van der Waals surface area (Å²) in [5, 5.41) is 17.7. The Bertz CT molecular complexity index is 565. The lowest BCUT2D eigenvalue weighted by molar-refractivity contribution is 0.286. The van der Waals surface area contributed by atoms with Crippen molar-refractivity contribution in [1.29, 1.82) is 0 Å². The average Bonchev–Trinajstić information content (AvgIpc) is 2.74. The van der Waals surface area contributed by atoms with Gasteiger partial charge in [-0.3, -0.25) is 0 Å². The summed E-state index contributed by atoms with van der Waals surface area (Å²) in [5.41, 5.74) is 2.47. The molecular weight excluding hydrogens is 352 g/mol. The second kappa shape index (κ2) is 14.0. The van der Waals surface area contributed by atoms with Gasteiger partial charge in [-0.15, -0.1) is 0 Å². The van der Waals surface area contributed by atoms with Gasteiger partial charge in [-0.2, -0.15) is 0 Å². The number of hydrogen-bond acceptors (Lipinski definition) is 4. The first-order valence-corrected chi connectivity index (χ1v) is 10.5. The fraction of sp³-hybridized carbons (Fsp3) is 0.500. The molecule has 4 heteroatoms. The van der Waals surface area contributed by atoms with Crippen molar-refractivity contribution in [2.24, 2.45) is 0 Å². The number of aliphatic hydroxyl groups is 2. The molecule has 2 aromatic rings. The highest BCUT2D eigenvalue weighted by Gasteiger charge is 1.98. The lowest BCUT2D eigenvalue weighted by Gasteiger charge is -2.08. The van der Waals surface area contributed by atoms with Gasteiger partial charge in [-0.05, 0) is 86.8 Å². The number of hydrogen-bond donors (Lipinski definition) is 2. The number of aliphatic hydroxyl groups excluding tert-OH is 2. The Morgan fingerprint density at radius 1 is 0.500 bits per heavy atom. The molecule has 28 heavy (non-hydrogen) atoms. The molecule has 0 atom stereocenters. The number of unbranched alkanes of at least 4 members (excludes halogenated alkanes) is 3. The maximum absolute atomic E-state index is 8.86. The molecule has 0 aliphatic heterocycles. The number of ether oxygens (including phenoxy) is 2. The molecule has 4 nitrogen and oxygen atoms in total. The molecule has 2 rings (SSSR count). The van der Waals surface area contributed by atoms with Crippen LogP contribution in [0.15, 0.2) is 48.5 Å².